The number of amides is 1. The zero-order valence-corrected chi connectivity index (χ0v) is 14.0. The van der Waals surface area contributed by atoms with Crippen molar-refractivity contribution in [3.63, 3.8) is 0 Å². The van der Waals surface area contributed by atoms with E-state index in [4.69, 9.17) is 10.5 Å². The van der Waals surface area contributed by atoms with E-state index >= 15 is 0 Å². The lowest BCUT2D eigenvalue weighted by atomic mass is 9.93. The Bertz CT molecular complexity index is 1020. The Labute approximate surface area is 142 Å². The number of aromatic amines is 1. The monoisotopic (exact) mass is 342 g/mol. The fourth-order valence-electron chi connectivity index (χ4n) is 2.60. The van der Waals surface area contributed by atoms with Gasteiger partial charge >= 0.3 is 6.09 Å². The van der Waals surface area contributed by atoms with Crippen LogP contribution in [0.1, 0.15) is 37.9 Å². The van der Waals surface area contributed by atoms with Crippen molar-refractivity contribution in [1.29, 1.82) is 0 Å². The summed E-state index contributed by atoms with van der Waals surface area (Å²) in [7, 11) is 0. The molecule has 1 aromatic heterocycles. The summed E-state index contributed by atoms with van der Waals surface area (Å²) in [5.41, 5.74) is 4.77. The summed E-state index contributed by atoms with van der Waals surface area (Å²) in [4.78, 5) is 35.7. The van der Waals surface area contributed by atoms with E-state index in [2.05, 4.69) is 15.5 Å². The molecule has 8 nitrogen and oxygen atoms in total. The van der Waals surface area contributed by atoms with Crippen molar-refractivity contribution in [3.8, 4) is 0 Å². The van der Waals surface area contributed by atoms with Crippen LogP contribution < -0.4 is 21.9 Å². The summed E-state index contributed by atoms with van der Waals surface area (Å²) in [6, 6.07) is 4.38. The van der Waals surface area contributed by atoms with Crippen molar-refractivity contribution in [2.45, 2.75) is 32.4 Å². The molecule has 0 spiro atoms. The molecular formula is C17H18N4O4. The van der Waals surface area contributed by atoms with Crippen molar-refractivity contribution in [1.82, 2.24) is 15.5 Å². The number of rotatable bonds is 3. The number of benzene rings is 1. The highest BCUT2D eigenvalue weighted by molar-refractivity contribution is 5.79. The normalized spacial score (nSPS) is 13.1. The minimum atomic E-state index is -0.882. The fourth-order valence-corrected chi connectivity index (χ4v) is 2.60. The third kappa shape index (κ3) is 3.10. The number of alkyl carbamates (subject to hydrolysis) is 1. The van der Waals surface area contributed by atoms with Crippen molar-refractivity contribution in [3.05, 3.63) is 56.0 Å². The first-order valence-corrected chi connectivity index (χ1v) is 7.68. The Hall–Kier alpha value is -3.16. The number of hydrogen-bond acceptors (Lipinski definition) is 6. The number of carbonyl (C=O) groups excluding carboxylic acids is 1. The third-order valence-electron chi connectivity index (χ3n) is 3.73. The molecule has 3 aromatic rings. The van der Waals surface area contributed by atoms with Crippen LogP contribution >= 0.6 is 0 Å². The van der Waals surface area contributed by atoms with Gasteiger partial charge in [-0.1, -0.05) is 12.1 Å². The van der Waals surface area contributed by atoms with Crippen molar-refractivity contribution in [2.24, 2.45) is 0 Å². The molecule has 4 N–H and O–H groups in total. The quantitative estimate of drug-likeness (QED) is 0.617. The second kappa shape index (κ2) is 5.73. The van der Waals surface area contributed by atoms with E-state index < -0.39 is 28.6 Å². The Morgan fingerprint density at radius 3 is 2.64 bits per heavy atom. The smallest absolute Gasteiger partial charge is 0.408 e. The number of ether oxygens (including phenoxy) is 1. The van der Waals surface area contributed by atoms with Crippen molar-refractivity contribution in [2.75, 3.05) is 5.73 Å². The molecular weight excluding hydrogens is 324 g/mol. The molecule has 3 rings (SSSR count). The van der Waals surface area contributed by atoms with Crippen LogP contribution in [0.5, 0.6) is 0 Å². The SMILES string of the molecule is CC(C)(C)OC(=O)NC(c1ccc2cn[nH]c2c1)c1c(N)c(=O)c1=O. The minimum Gasteiger partial charge on any atom is -0.444 e. The highest BCUT2D eigenvalue weighted by atomic mass is 16.6. The van der Waals surface area contributed by atoms with Gasteiger partial charge in [0, 0.05) is 5.39 Å². The first-order chi connectivity index (χ1) is 11.7. The standard InChI is InChI=1S/C17H18N4O4/c1-17(2,3)25-16(24)20-13(11-12(18)15(23)14(11)22)8-4-5-9-7-19-21-10(9)6-8/h4-7,13H,18H2,1-3H3,(H,19,21)(H,20,24). The maximum atomic E-state index is 12.2. The molecule has 1 unspecified atom stereocenters. The van der Waals surface area contributed by atoms with Gasteiger partial charge in [0.15, 0.2) is 0 Å². The zero-order chi connectivity index (χ0) is 18.4. The van der Waals surface area contributed by atoms with E-state index in [0.717, 1.165) is 10.9 Å². The van der Waals surface area contributed by atoms with Crippen LogP contribution in [0.3, 0.4) is 0 Å². The molecule has 0 bridgehead atoms. The summed E-state index contributed by atoms with van der Waals surface area (Å²) in [5, 5.41) is 10.3. The molecule has 25 heavy (non-hydrogen) atoms. The summed E-state index contributed by atoms with van der Waals surface area (Å²) < 4.78 is 5.25. The second-order valence-electron chi connectivity index (χ2n) is 6.78. The second-order valence-corrected chi connectivity index (χ2v) is 6.78. The first-order valence-electron chi connectivity index (χ1n) is 7.68. The lowest BCUT2D eigenvalue weighted by Crippen LogP contribution is -2.45. The molecule has 0 aliphatic rings. The van der Waals surface area contributed by atoms with E-state index in [-0.39, 0.29) is 11.3 Å². The van der Waals surface area contributed by atoms with E-state index in [1.54, 1.807) is 45.2 Å². The highest BCUT2D eigenvalue weighted by Gasteiger charge is 2.30. The van der Waals surface area contributed by atoms with Crippen molar-refractivity contribution >= 4 is 22.7 Å². The van der Waals surface area contributed by atoms with Gasteiger partial charge in [-0.2, -0.15) is 5.10 Å². The molecule has 0 saturated carbocycles. The molecule has 130 valence electrons. The fraction of sp³-hybridized carbons (Fsp3) is 0.294. The van der Waals surface area contributed by atoms with Gasteiger partial charge in [0.25, 0.3) is 0 Å². The Morgan fingerprint density at radius 2 is 2.00 bits per heavy atom. The predicted molar refractivity (Wildman–Crippen MR) is 93.1 cm³/mol. The van der Waals surface area contributed by atoms with Gasteiger partial charge < -0.3 is 15.8 Å². The number of nitrogens with zero attached hydrogens (tertiary/aromatic N) is 1. The van der Waals surface area contributed by atoms with Gasteiger partial charge in [0.2, 0.25) is 10.9 Å². The maximum Gasteiger partial charge on any atom is 0.408 e. The number of nitrogens with one attached hydrogen (secondary N) is 2. The number of carbonyl (C=O) groups is 1. The third-order valence-corrected chi connectivity index (χ3v) is 3.73. The summed E-state index contributed by atoms with van der Waals surface area (Å²) >= 11 is 0. The molecule has 0 fully saturated rings. The van der Waals surface area contributed by atoms with Crippen LogP contribution in [0.4, 0.5) is 10.5 Å². The molecule has 0 aliphatic heterocycles. The predicted octanol–water partition coefficient (Wildman–Crippen LogP) is 1.36. The number of fused-ring (bicyclic) bond motifs is 1. The summed E-state index contributed by atoms with van der Waals surface area (Å²) in [6.07, 6.45) is 0.941. The van der Waals surface area contributed by atoms with E-state index in [1.165, 1.54) is 0 Å². The Kier molecular flexibility index (Phi) is 3.82. The van der Waals surface area contributed by atoms with Gasteiger partial charge in [0.05, 0.1) is 29.0 Å². The largest absolute Gasteiger partial charge is 0.444 e. The van der Waals surface area contributed by atoms with Crippen LogP contribution in [0.15, 0.2) is 34.0 Å². The Balaban J connectivity index is 2.01. The lowest BCUT2D eigenvalue weighted by Gasteiger charge is -2.25. The van der Waals surface area contributed by atoms with Crippen LogP contribution in [-0.2, 0) is 4.74 Å². The minimum absolute atomic E-state index is 0.0646. The number of nitrogens with two attached hydrogens (primary N) is 1. The topological polar surface area (TPSA) is 127 Å². The van der Waals surface area contributed by atoms with Crippen LogP contribution in [-0.4, -0.2) is 21.9 Å². The van der Waals surface area contributed by atoms with Gasteiger partial charge in [-0.05, 0) is 32.4 Å². The lowest BCUT2D eigenvalue weighted by molar-refractivity contribution is 0.0512. The van der Waals surface area contributed by atoms with Gasteiger partial charge in [-0.25, -0.2) is 4.79 Å². The number of aromatic nitrogens is 2. The van der Waals surface area contributed by atoms with E-state index in [1.807, 2.05) is 0 Å². The van der Waals surface area contributed by atoms with E-state index in [0.29, 0.717) is 5.56 Å². The molecule has 0 radical (unpaired) electrons. The van der Waals surface area contributed by atoms with E-state index in [9.17, 15) is 14.4 Å². The van der Waals surface area contributed by atoms with Gasteiger partial charge in [0.1, 0.15) is 5.60 Å². The van der Waals surface area contributed by atoms with Crippen LogP contribution in [0, 0.1) is 0 Å². The molecule has 0 aliphatic carbocycles. The Morgan fingerprint density at radius 1 is 1.28 bits per heavy atom. The average molecular weight is 342 g/mol. The highest BCUT2D eigenvalue weighted by Crippen LogP contribution is 2.26. The van der Waals surface area contributed by atoms with Gasteiger partial charge in [-0.15, -0.1) is 0 Å². The number of H-pyrrole nitrogens is 1. The number of anilines is 1. The zero-order valence-electron chi connectivity index (χ0n) is 14.0. The summed E-state index contributed by atoms with van der Waals surface area (Å²) in [6.45, 7) is 5.18. The van der Waals surface area contributed by atoms with Crippen LogP contribution in [0.25, 0.3) is 10.9 Å². The molecule has 0 saturated heterocycles. The van der Waals surface area contributed by atoms with Crippen LogP contribution in [0.2, 0.25) is 0 Å². The average Bonchev–Trinajstić information content (AvgIpc) is 2.99. The molecule has 8 heteroatoms. The molecule has 1 amide bonds. The van der Waals surface area contributed by atoms with Gasteiger partial charge in [-0.3, -0.25) is 14.7 Å². The van der Waals surface area contributed by atoms with Crippen molar-refractivity contribution < 1.29 is 9.53 Å². The number of hydrogen-bond donors (Lipinski definition) is 3. The maximum absolute atomic E-state index is 12.2. The molecule has 1 atom stereocenters. The first kappa shape index (κ1) is 16.7. The summed E-state index contributed by atoms with van der Waals surface area (Å²) in [5.74, 6) is 0. The molecule has 1 heterocycles. The number of nitrogen functional groups attached to an aromatic ring is 1. The molecule has 2 aromatic carbocycles.